The van der Waals surface area contributed by atoms with Crippen molar-refractivity contribution in [3.63, 3.8) is 0 Å². The number of amides is 2. The number of carboxylic acid groups (broad SMARTS) is 1. The normalized spacial score (nSPS) is 21.0. The Labute approximate surface area is 244 Å². The zero-order valence-corrected chi connectivity index (χ0v) is 24.5. The van der Waals surface area contributed by atoms with Gasteiger partial charge in [-0.1, -0.05) is 32.9 Å². The third kappa shape index (κ3) is 7.02. The van der Waals surface area contributed by atoms with E-state index in [4.69, 9.17) is 10.1 Å². The van der Waals surface area contributed by atoms with Crippen LogP contribution in [0.1, 0.15) is 85.5 Å². The highest BCUT2D eigenvalue weighted by atomic mass is 19.4. The number of nitrogens with zero attached hydrogens (tertiary/aromatic N) is 2. The van der Waals surface area contributed by atoms with Crippen molar-refractivity contribution in [2.24, 2.45) is 16.3 Å². The number of carboxylic acids is 1. The number of hydrogen-bond acceptors (Lipinski definition) is 4. The summed E-state index contributed by atoms with van der Waals surface area (Å²) in [6, 6.07) is 10.5. The summed E-state index contributed by atoms with van der Waals surface area (Å²) in [6.45, 7) is 8.53. The first kappa shape index (κ1) is 31.3. The van der Waals surface area contributed by atoms with E-state index < -0.39 is 23.4 Å². The predicted molar refractivity (Wildman–Crippen MR) is 153 cm³/mol. The number of hydrogen-bond donors (Lipinski definition) is 2. The standard InChI is InChI=1S/C32H38F3N3O4/c1-20-17-23(19-25(18-20)32(33,34)35)27-29(42)38(31(37-27)13-9-24(10-14-31)30(2,3)4)16-12-21-5-7-22(8-6-21)28(41)36-15-11-26(39)40/h5-8,17-19,24H,9-16H2,1-4H3,(H,36,41)(H,39,40). The van der Waals surface area contributed by atoms with Crippen molar-refractivity contribution in [3.05, 3.63) is 70.3 Å². The summed E-state index contributed by atoms with van der Waals surface area (Å²) in [5, 5.41) is 11.3. The van der Waals surface area contributed by atoms with E-state index in [-0.39, 0.29) is 41.5 Å². The summed E-state index contributed by atoms with van der Waals surface area (Å²) in [7, 11) is 0. The number of nitrogens with one attached hydrogen (secondary N) is 1. The van der Waals surface area contributed by atoms with Gasteiger partial charge in [0, 0.05) is 24.2 Å². The first-order valence-electron chi connectivity index (χ1n) is 14.3. The Morgan fingerprint density at radius 2 is 1.71 bits per heavy atom. The van der Waals surface area contributed by atoms with Crippen LogP contribution in [0.25, 0.3) is 0 Å². The maximum Gasteiger partial charge on any atom is 0.416 e. The maximum atomic E-state index is 13.9. The Balaban J connectivity index is 1.56. The molecule has 2 N–H and O–H groups in total. The van der Waals surface area contributed by atoms with Crippen LogP contribution in [0.5, 0.6) is 0 Å². The highest BCUT2D eigenvalue weighted by Gasteiger charge is 2.50. The van der Waals surface area contributed by atoms with E-state index in [1.54, 1.807) is 42.2 Å². The van der Waals surface area contributed by atoms with Crippen molar-refractivity contribution in [2.45, 2.75) is 78.1 Å². The molecular weight excluding hydrogens is 547 g/mol. The lowest BCUT2D eigenvalue weighted by atomic mass is 9.69. The lowest BCUT2D eigenvalue weighted by Crippen LogP contribution is -2.50. The van der Waals surface area contributed by atoms with Crippen molar-refractivity contribution in [3.8, 4) is 0 Å². The molecule has 0 atom stereocenters. The second kappa shape index (κ2) is 11.9. The van der Waals surface area contributed by atoms with Crippen LogP contribution >= 0.6 is 0 Å². The van der Waals surface area contributed by atoms with E-state index >= 15 is 0 Å². The molecule has 10 heteroatoms. The molecule has 226 valence electrons. The highest BCUT2D eigenvalue weighted by molar-refractivity contribution is 6.46. The number of alkyl halides is 3. The molecule has 2 amide bonds. The van der Waals surface area contributed by atoms with Gasteiger partial charge in [-0.2, -0.15) is 13.2 Å². The Bertz CT molecular complexity index is 1370. The van der Waals surface area contributed by atoms with Crippen LogP contribution in [-0.2, 0) is 22.2 Å². The number of benzene rings is 2. The topological polar surface area (TPSA) is 99.1 Å². The molecular formula is C32H38F3N3O4. The van der Waals surface area contributed by atoms with Gasteiger partial charge in [0.2, 0.25) is 0 Å². The van der Waals surface area contributed by atoms with Crippen molar-refractivity contribution >= 4 is 23.5 Å². The fourth-order valence-corrected chi connectivity index (χ4v) is 5.99. The van der Waals surface area contributed by atoms with Crippen molar-refractivity contribution in [1.82, 2.24) is 10.2 Å². The zero-order chi connectivity index (χ0) is 30.9. The van der Waals surface area contributed by atoms with Gasteiger partial charge in [-0.3, -0.25) is 19.4 Å². The number of aryl methyl sites for hydroxylation is 1. The van der Waals surface area contributed by atoms with Gasteiger partial charge in [-0.05, 0) is 91.8 Å². The smallest absolute Gasteiger partial charge is 0.416 e. The van der Waals surface area contributed by atoms with Crippen molar-refractivity contribution in [1.29, 1.82) is 0 Å². The van der Waals surface area contributed by atoms with Crippen LogP contribution in [0, 0.1) is 18.3 Å². The second-order valence-electron chi connectivity index (χ2n) is 12.5. The van der Waals surface area contributed by atoms with Gasteiger partial charge in [0.1, 0.15) is 11.4 Å². The van der Waals surface area contributed by atoms with Gasteiger partial charge in [0.25, 0.3) is 11.8 Å². The van der Waals surface area contributed by atoms with E-state index in [0.717, 1.165) is 30.5 Å². The van der Waals surface area contributed by atoms with E-state index in [9.17, 15) is 27.6 Å². The monoisotopic (exact) mass is 585 g/mol. The molecule has 1 fully saturated rings. The van der Waals surface area contributed by atoms with E-state index in [0.29, 0.717) is 42.9 Å². The Kier molecular flexibility index (Phi) is 8.85. The quantitative estimate of drug-likeness (QED) is 0.396. The minimum Gasteiger partial charge on any atom is -0.481 e. The minimum atomic E-state index is -4.54. The van der Waals surface area contributed by atoms with E-state index in [1.165, 1.54) is 0 Å². The molecule has 2 aromatic rings. The molecule has 1 spiro atoms. The van der Waals surface area contributed by atoms with Crippen LogP contribution in [0.4, 0.5) is 13.2 Å². The first-order chi connectivity index (χ1) is 19.6. The van der Waals surface area contributed by atoms with Crippen LogP contribution in [0.15, 0.2) is 47.5 Å². The second-order valence-corrected chi connectivity index (χ2v) is 12.5. The van der Waals surface area contributed by atoms with Crippen molar-refractivity contribution in [2.75, 3.05) is 13.1 Å². The molecule has 1 aliphatic heterocycles. The van der Waals surface area contributed by atoms with Crippen molar-refractivity contribution < 1.29 is 32.7 Å². The van der Waals surface area contributed by atoms with Crippen LogP contribution in [-0.4, -0.2) is 52.3 Å². The van der Waals surface area contributed by atoms with Gasteiger partial charge in [-0.15, -0.1) is 0 Å². The zero-order valence-electron chi connectivity index (χ0n) is 24.5. The van der Waals surface area contributed by atoms with Gasteiger partial charge in [0.15, 0.2) is 0 Å². The third-order valence-electron chi connectivity index (χ3n) is 8.42. The molecule has 1 heterocycles. The van der Waals surface area contributed by atoms with E-state index in [2.05, 4.69) is 26.1 Å². The van der Waals surface area contributed by atoms with Gasteiger partial charge in [-0.25, -0.2) is 0 Å². The lowest BCUT2D eigenvalue weighted by molar-refractivity contribution is -0.138. The summed E-state index contributed by atoms with van der Waals surface area (Å²) >= 11 is 0. The number of rotatable bonds is 8. The average molecular weight is 586 g/mol. The summed E-state index contributed by atoms with van der Waals surface area (Å²) in [5.41, 5.74) is 0.435. The number of halogens is 3. The molecule has 42 heavy (non-hydrogen) atoms. The average Bonchev–Trinajstić information content (AvgIpc) is 3.16. The predicted octanol–water partition coefficient (Wildman–Crippen LogP) is 6.02. The molecule has 0 radical (unpaired) electrons. The van der Waals surface area contributed by atoms with Gasteiger partial charge < -0.3 is 15.3 Å². The van der Waals surface area contributed by atoms with Gasteiger partial charge in [0.05, 0.1) is 12.0 Å². The molecule has 0 aromatic heterocycles. The summed E-state index contributed by atoms with van der Waals surface area (Å²) in [5.74, 6) is -1.29. The minimum absolute atomic E-state index is 0.0267. The fraction of sp³-hybridized carbons (Fsp3) is 0.500. The number of carbonyl (C=O) groups is 3. The highest BCUT2D eigenvalue weighted by Crippen LogP contribution is 2.47. The molecule has 2 aromatic carbocycles. The summed E-state index contributed by atoms with van der Waals surface area (Å²) in [4.78, 5) is 43.5. The summed E-state index contributed by atoms with van der Waals surface area (Å²) < 4.78 is 40.8. The first-order valence-corrected chi connectivity index (χ1v) is 14.3. The molecule has 2 aliphatic rings. The SMILES string of the molecule is Cc1cc(C2=NC3(CCC(C(C)(C)C)CC3)N(CCc3ccc(C(=O)NCCC(=O)O)cc3)C2=O)cc(C(F)(F)F)c1. The Morgan fingerprint density at radius 1 is 1.07 bits per heavy atom. The Morgan fingerprint density at radius 3 is 2.29 bits per heavy atom. The van der Waals surface area contributed by atoms with E-state index in [1.807, 2.05) is 0 Å². The number of aliphatic imine (C=N–C) groups is 1. The molecule has 7 nitrogen and oxygen atoms in total. The number of aliphatic carboxylic acids is 1. The largest absolute Gasteiger partial charge is 0.481 e. The molecule has 1 aliphatic carbocycles. The fourth-order valence-electron chi connectivity index (χ4n) is 5.99. The Hall–Kier alpha value is -3.69. The van der Waals surface area contributed by atoms with Crippen LogP contribution < -0.4 is 5.32 Å². The van der Waals surface area contributed by atoms with Gasteiger partial charge >= 0.3 is 12.1 Å². The number of carbonyl (C=O) groups excluding carboxylic acids is 2. The van der Waals surface area contributed by atoms with Crippen LogP contribution in [0.3, 0.4) is 0 Å². The molecule has 0 saturated heterocycles. The molecule has 0 unspecified atom stereocenters. The maximum absolute atomic E-state index is 13.9. The van der Waals surface area contributed by atoms with Crippen LogP contribution in [0.2, 0.25) is 0 Å². The lowest BCUT2D eigenvalue weighted by Gasteiger charge is -2.45. The molecule has 0 bridgehead atoms. The molecule has 1 saturated carbocycles. The summed E-state index contributed by atoms with van der Waals surface area (Å²) in [6.07, 6.45) is -1.24. The third-order valence-corrected chi connectivity index (χ3v) is 8.42. The molecule has 4 rings (SSSR count).